The van der Waals surface area contributed by atoms with Gasteiger partial charge in [-0.05, 0) is 54.6 Å². The summed E-state index contributed by atoms with van der Waals surface area (Å²) in [5, 5.41) is 8.90. The number of hydrogen-bond donors (Lipinski definition) is 1. The molecule has 38 heavy (non-hydrogen) atoms. The molecule has 0 saturated heterocycles. The molecule has 200 valence electrons. The Balaban J connectivity index is 1.43. The van der Waals surface area contributed by atoms with E-state index in [1.54, 1.807) is 42.5 Å². The van der Waals surface area contributed by atoms with Gasteiger partial charge in [-0.2, -0.15) is 0 Å². The van der Waals surface area contributed by atoms with E-state index in [-0.39, 0.29) is 12.4 Å². The number of aliphatic imine (C=N–C) groups is 1. The molecule has 8 nitrogen and oxygen atoms in total. The Morgan fingerprint density at radius 2 is 1.74 bits per heavy atom. The lowest BCUT2D eigenvalue weighted by atomic mass is 9.98. The monoisotopic (exact) mass is 536 g/mol. The lowest BCUT2D eigenvalue weighted by Crippen LogP contribution is -2.27. The molecule has 0 fully saturated rings. The van der Waals surface area contributed by atoms with Gasteiger partial charge in [0.15, 0.2) is 22.0 Å². The summed E-state index contributed by atoms with van der Waals surface area (Å²) in [7, 11) is -1.51. The van der Waals surface area contributed by atoms with Crippen molar-refractivity contribution in [1.29, 1.82) is 0 Å². The van der Waals surface area contributed by atoms with E-state index < -0.39 is 22.0 Å². The highest BCUT2D eigenvalue weighted by Gasteiger charge is 2.34. The average Bonchev–Trinajstić information content (AvgIpc) is 3.38. The van der Waals surface area contributed by atoms with Crippen molar-refractivity contribution in [3.63, 3.8) is 0 Å². The van der Waals surface area contributed by atoms with Crippen molar-refractivity contribution in [2.45, 2.75) is 30.0 Å². The zero-order chi connectivity index (χ0) is 27.0. The average molecular weight is 537 g/mol. The number of hydrogen-bond acceptors (Lipinski definition) is 8. The number of aldehydes is 1. The van der Waals surface area contributed by atoms with E-state index in [1.165, 1.54) is 0 Å². The summed E-state index contributed by atoms with van der Waals surface area (Å²) in [5.74, 6) is 1.05. The number of rotatable bonds is 13. The third-order valence-corrected chi connectivity index (χ3v) is 7.98. The number of carbonyl (C=O) groups is 1. The first kappa shape index (κ1) is 27.5. The molecule has 4 rings (SSSR count). The Bertz CT molecular complexity index is 1340. The molecule has 3 aromatic carbocycles. The van der Waals surface area contributed by atoms with E-state index in [0.29, 0.717) is 42.7 Å². The lowest BCUT2D eigenvalue weighted by molar-refractivity contribution is -0.110. The zero-order valence-corrected chi connectivity index (χ0v) is 22.1. The second-order valence-electron chi connectivity index (χ2n) is 9.12. The van der Waals surface area contributed by atoms with Crippen molar-refractivity contribution in [1.82, 2.24) is 4.90 Å². The number of carbonyl (C=O) groups excluding carboxylic acids is 1. The molecule has 0 bridgehead atoms. The van der Waals surface area contributed by atoms with Crippen LogP contribution in [0.1, 0.15) is 29.2 Å². The first-order chi connectivity index (χ1) is 18.4. The molecule has 3 aromatic rings. The van der Waals surface area contributed by atoms with Crippen molar-refractivity contribution in [3.05, 3.63) is 95.6 Å². The lowest BCUT2D eigenvalue weighted by Gasteiger charge is -2.22. The molecule has 1 aliphatic rings. The van der Waals surface area contributed by atoms with Crippen LogP contribution in [0.4, 0.5) is 0 Å². The highest BCUT2D eigenvalue weighted by molar-refractivity contribution is 7.91. The van der Waals surface area contributed by atoms with Crippen LogP contribution in [0.25, 0.3) is 0 Å². The van der Waals surface area contributed by atoms with Gasteiger partial charge in [-0.25, -0.2) is 13.4 Å². The van der Waals surface area contributed by atoms with Crippen LogP contribution in [-0.2, 0) is 25.9 Å². The van der Waals surface area contributed by atoms with Gasteiger partial charge in [-0.15, -0.1) is 0 Å². The summed E-state index contributed by atoms with van der Waals surface area (Å²) in [5.41, 5.74) is 2.51. The maximum atomic E-state index is 12.7. The van der Waals surface area contributed by atoms with Crippen LogP contribution < -0.4 is 4.74 Å². The van der Waals surface area contributed by atoms with Gasteiger partial charge in [0.05, 0.1) is 17.3 Å². The quantitative estimate of drug-likeness (QED) is 0.264. The van der Waals surface area contributed by atoms with Crippen LogP contribution in [0.3, 0.4) is 0 Å². The highest BCUT2D eigenvalue weighted by atomic mass is 32.2. The van der Waals surface area contributed by atoms with E-state index >= 15 is 0 Å². The normalized spacial score (nSPS) is 17.2. The van der Waals surface area contributed by atoms with Gasteiger partial charge in [-0.1, -0.05) is 42.5 Å². The molecule has 0 aliphatic carbocycles. The number of aliphatic hydroxyl groups is 1. The zero-order valence-electron chi connectivity index (χ0n) is 21.3. The van der Waals surface area contributed by atoms with Crippen LogP contribution in [-0.4, -0.2) is 69.2 Å². The molecule has 0 spiro atoms. The number of aliphatic hydroxyl groups excluding tert-OH is 1. The Hall–Kier alpha value is -3.53. The summed E-state index contributed by atoms with van der Waals surface area (Å²) in [4.78, 5) is 18.7. The molecule has 0 aromatic heterocycles. The van der Waals surface area contributed by atoms with E-state index in [2.05, 4.69) is 4.99 Å². The minimum atomic E-state index is -3.39. The SMILES string of the molecule is CN(CCS(=O)(=O)c1ccccc1)Cc1ccccc1C1OC(c2ccc(OCCCO)cc2)=NC1C=O. The second-order valence-corrected chi connectivity index (χ2v) is 11.2. The van der Waals surface area contributed by atoms with Gasteiger partial charge in [-0.3, -0.25) is 0 Å². The van der Waals surface area contributed by atoms with Crippen LogP contribution in [0.5, 0.6) is 5.75 Å². The van der Waals surface area contributed by atoms with Crippen molar-refractivity contribution in [2.24, 2.45) is 4.99 Å². The maximum absolute atomic E-state index is 12.7. The topological polar surface area (TPSA) is 106 Å². The van der Waals surface area contributed by atoms with Crippen LogP contribution >= 0.6 is 0 Å². The van der Waals surface area contributed by atoms with E-state index in [9.17, 15) is 13.2 Å². The smallest absolute Gasteiger partial charge is 0.217 e. The predicted molar refractivity (Wildman–Crippen MR) is 145 cm³/mol. The van der Waals surface area contributed by atoms with Crippen molar-refractivity contribution >= 4 is 22.0 Å². The van der Waals surface area contributed by atoms with Gasteiger partial charge >= 0.3 is 0 Å². The van der Waals surface area contributed by atoms with E-state index in [4.69, 9.17) is 14.6 Å². The Kier molecular flexibility index (Phi) is 9.28. The Morgan fingerprint density at radius 1 is 1.03 bits per heavy atom. The standard InChI is InChI=1S/C29H32N2O6S/c1-31(16-19-38(34,35)25-9-3-2-4-10-25)20-23-8-5-6-11-26(23)28-27(21-33)30-29(37-28)22-12-14-24(15-13-22)36-18-7-17-32/h2-6,8-15,21,27-28,32H,7,16-20H2,1H3. The van der Waals surface area contributed by atoms with Crippen LogP contribution in [0, 0.1) is 0 Å². The summed E-state index contributed by atoms with van der Waals surface area (Å²) in [6.07, 6.45) is 0.759. The fourth-order valence-electron chi connectivity index (χ4n) is 4.21. The molecule has 1 heterocycles. The highest BCUT2D eigenvalue weighted by Crippen LogP contribution is 2.33. The summed E-state index contributed by atoms with van der Waals surface area (Å²) in [6.45, 7) is 1.33. The molecule has 0 saturated carbocycles. The Morgan fingerprint density at radius 3 is 2.45 bits per heavy atom. The summed E-state index contributed by atoms with van der Waals surface area (Å²) >= 11 is 0. The van der Waals surface area contributed by atoms with E-state index in [1.807, 2.05) is 48.3 Å². The number of nitrogens with zero attached hydrogens (tertiary/aromatic N) is 2. The first-order valence-electron chi connectivity index (χ1n) is 12.5. The first-order valence-corrected chi connectivity index (χ1v) is 14.1. The van der Waals surface area contributed by atoms with Gasteiger partial charge in [0, 0.05) is 31.7 Å². The summed E-state index contributed by atoms with van der Waals surface area (Å²) < 4.78 is 37.1. The third-order valence-electron chi connectivity index (χ3n) is 6.27. The van der Waals surface area contributed by atoms with Gasteiger partial charge in [0.1, 0.15) is 12.0 Å². The predicted octanol–water partition coefficient (Wildman–Crippen LogP) is 3.44. The van der Waals surface area contributed by atoms with Crippen LogP contribution in [0.15, 0.2) is 88.8 Å². The van der Waals surface area contributed by atoms with Crippen molar-refractivity contribution in [2.75, 3.05) is 32.6 Å². The molecular formula is C29H32N2O6S. The minimum Gasteiger partial charge on any atom is -0.494 e. The van der Waals surface area contributed by atoms with E-state index in [0.717, 1.165) is 23.0 Å². The molecule has 0 amide bonds. The molecule has 1 N–H and O–H groups in total. The number of ether oxygens (including phenoxy) is 2. The minimum absolute atomic E-state index is 0.000456. The largest absolute Gasteiger partial charge is 0.494 e. The van der Waals surface area contributed by atoms with Gasteiger partial charge < -0.3 is 24.3 Å². The fraction of sp³-hybridized carbons (Fsp3) is 0.310. The molecule has 9 heteroatoms. The molecule has 2 unspecified atom stereocenters. The molecule has 2 atom stereocenters. The third kappa shape index (κ3) is 6.86. The van der Waals surface area contributed by atoms with Crippen LogP contribution in [0.2, 0.25) is 0 Å². The second kappa shape index (κ2) is 12.8. The van der Waals surface area contributed by atoms with Gasteiger partial charge in [0.25, 0.3) is 0 Å². The van der Waals surface area contributed by atoms with Crippen molar-refractivity contribution < 1.29 is 27.8 Å². The molecular weight excluding hydrogens is 504 g/mol. The van der Waals surface area contributed by atoms with Crippen molar-refractivity contribution in [3.8, 4) is 5.75 Å². The Labute approximate surface area is 223 Å². The number of sulfone groups is 1. The van der Waals surface area contributed by atoms with Gasteiger partial charge in [0.2, 0.25) is 5.90 Å². The molecule has 0 radical (unpaired) electrons. The fourth-order valence-corrected chi connectivity index (χ4v) is 5.57. The summed E-state index contributed by atoms with van der Waals surface area (Å²) in [6, 6.07) is 22.7. The molecule has 1 aliphatic heterocycles. The number of benzene rings is 3. The maximum Gasteiger partial charge on any atom is 0.217 e.